The van der Waals surface area contributed by atoms with Gasteiger partial charge in [-0.15, -0.1) is 11.3 Å². The fraction of sp³-hybridized carbons (Fsp3) is 0.750. The van der Waals surface area contributed by atoms with Crippen LogP contribution in [0.5, 0.6) is 0 Å². The molecule has 0 saturated carbocycles. The zero-order chi connectivity index (χ0) is 13.4. The molecule has 0 aromatic carbocycles. The third-order valence-electron chi connectivity index (χ3n) is 3.54. The van der Waals surface area contributed by atoms with Gasteiger partial charge in [0.15, 0.2) is 0 Å². The summed E-state index contributed by atoms with van der Waals surface area (Å²) in [5, 5.41) is 6.00. The second-order valence-corrected chi connectivity index (χ2v) is 6.25. The van der Waals surface area contributed by atoms with Crippen molar-refractivity contribution in [1.82, 2.24) is 5.32 Å². The Morgan fingerprint density at radius 2 is 2.00 bits per heavy atom. The molecule has 104 valence electrons. The van der Waals surface area contributed by atoms with E-state index in [1.54, 1.807) is 4.88 Å². The van der Waals surface area contributed by atoms with Crippen LogP contribution in [0.2, 0.25) is 0 Å². The molecule has 1 aromatic rings. The van der Waals surface area contributed by atoms with Crippen LogP contribution in [0, 0.1) is 5.92 Å². The zero-order valence-electron chi connectivity index (χ0n) is 12.5. The monoisotopic (exact) mass is 267 g/mol. The van der Waals surface area contributed by atoms with Gasteiger partial charge in [-0.05, 0) is 48.7 Å². The van der Waals surface area contributed by atoms with E-state index in [1.165, 1.54) is 31.2 Å². The predicted molar refractivity (Wildman–Crippen MR) is 83.4 cm³/mol. The molecule has 0 aliphatic heterocycles. The number of aryl methyl sites for hydroxylation is 1. The van der Waals surface area contributed by atoms with E-state index in [9.17, 15) is 0 Å². The summed E-state index contributed by atoms with van der Waals surface area (Å²) in [7, 11) is 0. The first-order valence-corrected chi connectivity index (χ1v) is 8.40. The number of nitrogens with one attached hydrogen (secondary N) is 1. The van der Waals surface area contributed by atoms with E-state index in [2.05, 4.69) is 44.5 Å². The van der Waals surface area contributed by atoms with Crippen molar-refractivity contribution < 1.29 is 0 Å². The maximum absolute atomic E-state index is 3.75. The first-order valence-electron chi connectivity index (χ1n) is 7.52. The second-order valence-electron chi connectivity index (χ2n) is 5.30. The molecule has 2 atom stereocenters. The van der Waals surface area contributed by atoms with Gasteiger partial charge in [-0.3, -0.25) is 0 Å². The summed E-state index contributed by atoms with van der Waals surface area (Å²) in [6.07, 6.45) is 6.29. The van der Waals surface area contributed by atoms with Crippen molar-refractivity contribution >= 4 is 11.3 Å². The van der Waals surface area contributed by atoms with Crippen LogP contribution in [-0.4, -0.2) is 6.54 Å². The summed E-state index contributed by atoms with van der Waals surface area (Å²) in [5.41, 5.74) is 1.54. The minimum absolute atomic E-state index is 0.571. The lowest BCUT2D eigenvalue weighted by Crippen LogP contribution is -2.24. The smallest absolute Gasteiger partial charge is 0.0420 e. The zero-order valence-corrected chi connectivity index (χ0v) is 13.3. The Bertz CT molecular complexity index is 319. The molecule has 1 N–H and O–H groups in total. The molecule has 1 aromatic heterocycles. The fourth-order valence-corrected chi connectivity index (χ4v) is 3.65. The molecule has 18 heavy (non-hydrogen) atoms. The molecule has 2 heteroatoms. The maximum Gasteiger partial charge on any atom is 0.0420 e. The van der Waals surface area contributed by atoms with Gasteiger partial charge in [-0.25, -0.2) is 0 Å². The highest BCUT2D eigenvalue weighted by Gasteiger charge is 2.18. The standard InChI is InChI=1S/C16H29NS/c1-5-8-13(4)12-15(17-10-6-2)16-14(7-3)9-11-18-16/h9,11,13,15,17H,5-8,10,12H2,1-4H3. The molecule has 0 amide bonds. The Labute approximate surface area is 117 Å². The molecule has 1 nitrogen and oxygen atoms in total. The first-order chi connectivity index (χ1) is 8.72. The Morgan fingerprint density at radius 3 is 2.61 bits per heavy atom. The van der Waals surface area contributed by atoms with Crippen molar-refractivity contribution in [3.8, 4) is 0 Å². The minimum Gasteiger partial charge on any atom is -0.309 e. The van der Waals surface area contributed by atoms with E-state index in [0.717, 1.165) is 18.9 Å². The normalized spacial score (nSPS) is 14.7. The minimum atomic E-state index is 0.571. The molecular weight excluding hydrogens is 238 g/mol. The SMILES string of the molecule is CCCNC(CC(C)CCC)c1sccc1CC. The molecule has 0 radical (unpaired) electrons. The third kappa shape index (κ3) is 4.74. The van der Waals surface area contributed by atoms with Crippen LogP contribution in [0.3, 0.4) is 0 Å². The van der Waals surface area contributed by atoms with Gasteiger partial charge in [0, 0.05) is 10.9 Å². The number of thiophene rings is 1. The van der Waals surface area contributed by atoms with Crippen molar-refractivity contribution in [2.45, 2.75) is 65.8 Å². The van der Waals surface area contributed by atoms with Crippen molar-refractivity contribution in [3.05, 3.63) is 21.9 Å². The summed E-state index contributed by atoms with van der Waals surface area (Å²) in [4.78, 5) is 1.58. The lowest BCUT2D eigenvalue weighted by atomic mass is 9.94. The van der Waals surface area contributed by atoms with Crippen LogP contribution in [0.25, 0.3) is 0 Å². The van der Waals surface area contributed by atoms with Crippen molar-refractivity contribution in [2.75, 3.05) is 6.54 Å². The van der Waals surface area contributed by atoms with Crippen LogP contribution < -0.4 is 5.32 Å². The Morgan fingerprint density at radius 1 is 1.22 bits per heavy atom. The molecular formula is C16H29NS. The number of hydrogen-bond acceptors (Lipinski definition) is 2. The lowest BCUT2D eigenvalue weighted by molar-refractivity contribution is 0.393. The predicted octanol–water partition coefficient (Wildman–Crippen LogP) is 5.18. The topological polar surface area (TPSA) is 12.0 Å². The van der Waals surface area contributed by atoms with Gasteiger partial charge in [0.25, 0.3) is 0 Å². The first kappa shape index (κ1) is 15.7. The van der Waals surface area contributed by atoms with Gasteiger partial charge >= 0.3 is 0 Å². The van der Waals surface area contributed by atoms with Gasteiger partial charge < -0.3 is 5.32 Å². The Hall–Kier alpha value is -0.340. The van der Waals surface area contributed by atoms with Gasteiger partial charge in [0.2, 0.25) is 0 Å². The molecule has 2 unspecified atom stereocenters. The molecule has 0 aliphatic carbocycles. The van der Waals surface area contributed by atoms with Crippen LogP contribution in [0.1, 0.15) is 69.9 Å². The summed E-state index contributed by atoms with van der Waals surface area (Å²) in [5.74, 6) is 0.816. The average molecular weight is 267 g/mol. The second kappa shape index (κ2) is 8.71. The van der Waals surface area contributed by atoms with Crippen LogP contribution in [-0.2, 0) is 6.42 Å². The van der Waals surface area contributed by atoms with Crippen molar-refractivity contribution in [1.29, 1.82) is 0 Å². The molecule has 1 heterocycles. The summed E-state index contributed by atoms with van der Waals surface area (Å²) < 4.78 is 0. The van der Waals surface area contributed by atoms with Crippen LogP contribution in [0.4, 0.5) is 0 Å². The van der Waals surface area contributed by atoms with Crippen molar-refractivity contribution in [2.24, 2.45) is 5.92 Å². The van der Waals surface area contributed by atoms with Gasteiger partial charge in [0.05, 0.1) is 0 Å². The van der Waals surface area contributed by atoms with E-state index >= 15 is 0 Å². The molecule has 0 saturated heterocycles. The quantitative estimate of drug-likeness (QED) is 0.650. The van der Waals surface area contributed by atoms with Crippen LogP contribution >= 0.6 is 11.3 Å². The van der Waals surface area contributed by atoms with Crippen LogP contribution in [0.15, 0.2) is 11.4 Å². The Kier molecular flexibility index (Phi) is 7.60. The Balaban J connectivity index is 2.71. The highest BCUT2D eigenvalue weighted by Crippen LogP contribution is 2.30. The van der Waals surface area contributed by atoms with Gasteiger partial charge in [-0.1, -0.05) is 40.5 Å². The van der Waals surface area contributed by atoms with E-state index in [0.29, 0.717) is 6.04 Å². The van der Waals surface area contributed by atoms with E-state index in [-0.39, 0.29) is 0 Å². The number of hydrogen-bond donors (Lipinski definition) is 1. The molecule has 1 rings (SSSR count). The highest BCUT2D eigenvalue weighted by atomic mass is 32.1. The highest BCUT2D eigenvalue weighted by molar-refractivity contribution is 7.10. The fourth-order valence-electron chi connectivity index (χ4n) is 2.56. The van der Waals surface area contributed by atoms with Crippen molar-refractivity contribution in [3.63, 3.8) is 0 Å². The van der Waals surface area contributed by atoms with E-state index in [4.69, 9.17) is 0 Å². The average Bonchev–Trinajstić information content (AvgIpc) is 2.82. The van der Waals surface area contributed by atoms with E-state index in [1.807, 2.05) is 11.3 Å². The molecule has 0 spiro atoms. The molecule has 0 fully saturated rings. The van der Waals surface area contributed by atoms with E-state index < -0.39 is 0 Å². The largest absolute Gasteiger partial charge is 0.309 e. The summed E-state index contributed by atoms with van der Waals surface area (Å²) in [6.45, 7) is 10.3. The third-order valence-corrected chi connectivity index (χ3v) is 4.61. The van der Waals surface area contributed by atoms with Gasteiger partial charge in [0.1, 0.15) is 0 Å². The molecule has 0 aliphatic rings. The summed E-state index contributed by atoms with van der Waals surface area (Å²) >= 11 is 1.93. The number of rotatable bonds is 9. The summed E-state index contributed by atoms with van der Waals surface area (Å²) in [6, 6.07) is 2.87. The maximum atomic E-state index is 3.75. The lowest BCUT2D eigenvalue weighted by Gasteiger charge is -2.22. The molecule has 0 bridgehead atoms. The van der Waals surface area contributed by atoms with Gasteiger partial charge in [-0.2, -0.15) is 0 Å².